The highest BCUT2D eigenvalue weighted by Crippen LogP contribution is 2.35. The van der Waals surface area contributed by atoms with Gasteiger partial charge in [0.05, 0.1) is 17.5 Å². The van der Waals surface area contributed by atoms with Crippen molar-refractivity contribution < 1.29 is 19.1 Å². The van der Waals surface area contributed by atoms with E-state index in [9.17, 15) is 9.59 Å². The number of carbonyl (C=O) groups excluding carboxylic acids is 2. The number of nitrogens with zero attached hydrogens (tertiary/aromatic N) is 1. The fraction of sp³-hybridized carbons (Fsp3) is 0.500. The second kappa shape index (κ2) is 6.71. The lowest BCUT2D eigenvalue weighted by Crippen LogP contribution is -2.41. The van der Waals surface area contributed by atoms with E-state index >= 15 is 0 Å². The van der Waals surface area contributed by atoms with Gasteiger partial charge in [-0.2, -0.15) is 0 Å². The molecule has 1 fully saturated rings. The van der Waals surface area contributed by atoms with Gasteiger partial charge in [0.25, 0.3) is 0 Å². The van der Waals surface area contributed by atoms with E-state index in [4.69, 9.17) is 9.47 Å². The third kappa shape index (κ3) is 3.13. The summed E-state index contributed by atoms with van der Waals surface area (Å²) in [6.07, 6.45) is 2.52. The van der Waals surface area contributed by atoms with Crippen LogP contribution in [-0.4, -0.2) is 43.5 Å². The molecule has 0 spiro atoms. The number of benzene rings is 1. The summed E-state index contributed by atoms with van der Waals surface area (Å²) >= 11 is 1.50. The first kappa shape index (κ1) is 15.4. The highest BCUT2D eigenvalue weighted by molar-refractivity contribution is 8.00. The lowest BCUT2D eigenvalue weighted by Gasteiger charge is -2.28. The topological polar surface area (TPSA) is 55.8 Å². The van der Waals surface area contributed by atoms with Crippen molar-refractivity contribution in [2.24, 2.45) is 0 Å². The summed E-state index contributed by atoms with van der Waals surface area (Å²) in [5.74, 6) is -0.0756. The predicted molar refractivity (Wildman–Crippen MR) is 84.0 cm³/mol. The van der Waals surface area contributed by atoms with Gasteiger partial charge in [-0.15, -0.1) is 11.8 Å². The maximum Gasteiger partial charge on any atom is 0.326 e. The van der Waals surface area contributed by atoms with E-state index in [1.54, 1.807) is 7.11 Å². The van der Waals surface area contributed by atoms with Crippen molar-refractivity contribution in [1.29, 1.82) is 0 Å². The van der Waals surface area contributed by atoms with Crippen molar-refractivity contribution in [3.05, 3.63) is 24.3 Å². The summed E-state index contributed by atoms with van der Waals surface area (Å²) in [6.45, 7) is -0.0384. The molecular formula is C16H19NO4S. The first-order chi connectivity index (χ1) is 10.7. The van der Waals surface area contributed by atoms with Crippen LogP contribution < -0.4 is 4.90 Å². The minimum Gasteiger partial charge on any atom is -0.458 e. The van der Waals surface area contributed by atoms with E-state index < -0.39 is 0 Å². The van der Waals surface area contributed by atoms with Crippen LogP contribution in [0.15, 0.2) is 29.2 Å². The summed E-state index contributed by atoms with van der Waals surface area (Å²) in [6, 6.07) is 7.62. The largest absolute Gasteiger partial charge is 0.458 e. The molecule has 0 saturated heterocycles. The van der Waals surface area contributed by atoms with Gasteiger partial charge in [0.1, 0.15) is 12.6 Å². The lowest BCUT2D eigenvalue weighted by molar-refractivity contribution is -0.153. The van der Waals surface area contributed by atoms with Gasteiger partial charge in [-0.1, -0.05) is 12.1 Å². The van der Waals surface area contributed by atoms with Crippen LogP contribution in [0.25, 0.3) is 0 Å². The van der Waals surface area contributed by atoms with E-state index in [0.717, 1.165) is 29.8 Å². The number of fused-ring (bicyclic) bond motifs is 1. The van der Waals surface area contributed by atoms with Crippen molar-refractivity contribution in [2.75, 3.05) is 24.3 Å². The molecule has 1 aromatic rings. The molecule has 118 valence electrons. The Balaban J connectivity index is 1.67. The number of amides is 1. The number of carbonyl (C=O) groups is 2. The molecular weight excluding hydrogens is 302 g/mol. The third-order valence-corrected chi connectivity index (χ3v) is 5.12. The number of para-hydroxylation sites is 1. The van der Waals surface area contributed by atoms with Crippen LogP contribution in [0.3, 0.4) is 0 Å². The SMILES string of the molecule is CO[C@@H]1CCC[C@@H]1OC(=O)CN1C(=O)CSc2ccccc21. The van der Waals surface area contributed by atoms with E-state index in [1.807, 2.05) is 24.3 Å². The molecule has 0 N–H and O–H groups in total. The second-order valence-electron chi connectivity index (χ2n) is 5.47. The Labute approximate surface area is 134 Å². The van der Waals surface area contributed by atoms with E-state index in [-0.39, 0.29) is 30.6 Å². The number of hydrogen-bond donors (Lipinski definition) is 0. The summed E-state index contributed by atoms with van der Waals surface area (Å²) in [5, 5.41) is 0. The Morgan fingerprint density at radius 3 is 2.91 bits per heavy atom. The summed E-state index contributed by atoms with van der Waals surface area (Å²) in [7, 11) is 1.64. The highest BCUT2D eigenvalue weighted by atomic mass is 32.2. The standard InChI is InChI=1S/C16H19NO4S/c1-20-12-6-4-7-13(12)21-16(19)9-17-11-5-2-3-8-14(11)22-10-15(17)18/h2-3,5,8,12-13H,4,6-7,9-10H2,1H3/t12-,13+/m1/s1. The summed E-state index contributed by atoms with van der Waals surface area (Å²) < 4.78 is 10.8. The Hall–Kier alpha value is -1.53. The van der Waals surface area contributed by atoms with Crippen molar-refractivity contribution >= 4 is 29.3 Å². The predicted octanol–water partition coefficient (Wildman–Crippen LogP) is 2.24. The van der Waals surface area contributed by atoms with Crippen LogP contribution in [0, 0.1) is 0 Å². The zero-order chi connectivity index (χ0) is 15.5. The smallest absolute Gasteiger partial charge is 0.326 e. The van der Waals surface area contributed by atoms with Crippen molar-refractivity contribution in [3.8, 4) is 0 Å². The Morgan fingerprint density at radius 1 is 1.32 bits per heavy atom. The molecule has 1 heterocycles. The molecule has 6 heteroatoms. The zero-order valence-electron chi connectivity index (χ0n) is 12.5. The minimum absolute atomic E-state index is 0.0242. The number of esters is 1. The number of methoxy groups -OCH3 is 1. The normalized spacial score (nSPS) is 24.2. The average Bonchev–Trinajstić information content (AvgIpc) is 2.97. The van der Waals surface area contributed by atoms with Crippen LogP contribution in [0.1, 0.15) is 19.3 Å². The Bertz CT molecular complexity index is 577. The van der Waals surface area contributed by atoms with Gasteiger partial charge in [0.2, 0.25) is 5.91 Å². The maximum atomic E-state index is 12.2. The van der Waals surface area contributed by atoms with Gasteiger partial charge in [-0.05, 0) is 31.4 Å². The van der Waals surface area contributed by atoms with Gasteiger partial charge in [-0.3, -0.25) is 14.5 Å². The minimum atomic E-state index is -0.371. The molecule has 0 unspecified atom stereocenters. The molecule has 1 aliphatic heterocycles. The number of anilines is 1. The van der Waals surface area contributed by atoms with Gasteiger partial charge < -0.3 is 9.47 Å². The van der Waals surface area contributed by atoms with Crippen LogP contribution >= 0.6 is 11.8 Å². The maximum absolute atomic E-state index is 12.2. The van der Waals surface area contributed by atoms with Crippen LogP contribution in [0.5, 0.6) is 0 Å². The lowest BCUT2D eigenvalue weighted by atomic mass is 10.2. The molecule has 0 bridgehead atoms. The fourth-order valence-corrected chi connectivity index (χ4v) is 3.89. The molecule has 5 nitrogen and oxygen atoms in total. The van der Waals surface area contributed by atoms with Crippen LogP contribution in [0.4, 0.5) is 5.69 Å². The molecule has 1 aliphatic carbocycles. The van der Waals surface area contributed by atoms with Crippen LogP contribution in [0.2, 0.25) is 0 Å². The number of hydrogen-bond acceptors (Lipinski definition) is 5. The molecule has 0 aromatic heterocycles. The molecule has 1 aromatic carbocycles. The average molecular weight is 321 g/mol. The van der Waals surface area contributed by atoms with E-state index in [1.165, 1.54) is 16.7 Å². The summed E-state index contributed by atoms with van der Waals surface area (Å²) in [5.41, 5.74) is 0.787. The molecule has 1 saturated carbocycles. The monoisotopic (exact) mass is 321 g/mol. The van der Waals surface area contributed by atoms with Crippen molar-refractivity contribution in [3.63, 3.8) is 0 Å². The molecule has 1 amide bonds. The van der Waals surface area contributed by atoms with E-state index in [2.05, 4.69) is 0 Å². The van der Waals surface area contributed by atoms with Gasteiger partial charge in [-0.25, -0.2) is 0 Å². The van der Waals surface area contributed by atoms with Gasteiger partial charge in [0.15, 0.2) is 0 Å². The molecule has 22 heavy (non-hydrogen) atoms. The Kier molecular flexibility index (Phi) is 4.69. The fourth-order valence-electron chi connectivity index (χ4n) is 2.96. The quantitative estimate of drug-likeness (QED) is 0.796. The van der Waals surface area contributed by atoms with E-state index in [0.29, 0.717) is 5.75 Å². The number of ether oxygens (including phenoxy) is 2. The second-order valence-corrected chi connectivity index (χ2v) is 6.49. The number of thioether (sulfide) groups is 1. The molecule has 3 rings (SSSR count). The number of rotatable bonds is 4. The van der Waals surface area contributed by atoms with Crippen molar-refractivity contribution in [2.45, 2.75) is 36.4 Å². The van der Waals surface area contributed by atoms with Gasteiger partial charge >= 0.3 is 5.97 Å². The highest BCUT2D eigenvalue weighted by Gasteiger charge is 2.32. The molecule has 2 atom stereocenters. The third-order valence-electron chi connectivity index (χ3n) is 4.07. The van der Waals surface area contributed by atoms with Crippen LogP contribution in [-0.2, 0) is 19.1 Å². The van der Waals surface area contributed by atoms with Gasteiger partial charge in [0, 0.05) is 12.0 Å². The molecule has 2 aliphatic rings. The first-order valence-electron chi connectivity index (χ1n) is 7.43. The van der Waals surface area contributed by atoms with Crippen molar-refractivity contribution in [1.82, 2.24) is 0 Å². The zero-order valence-corrected chi connectivity index (χ0v) is 13.3. The Morgan fingerprint density at radius 2 is 2.09 bits per heavy atom. The summed E-state index contributed by atoms with van der Waals surface area (Å²) in [4.78, 5) is 26.9. The first-order valence-corrected chi connectivity index (χ1v) is 8.42. The molecule has 0 radical (unpaired) electrons.